The lowest BCUT2D eigenvalue weighted by Gasteiger charge is -2.27. The summed E-state index contributed by atoms with van der Waals surface area (Å²) in [6.07, 6.45) is -0.767. The predicted octanol–water partition coefficient (Wildman–Crippen LogP) is -0.971. The Morgan fingerprint density at radius 2 is 1.38 bits per heavy atom. The van der Waals surface area contributed by atoms with Crippen LogP contribution in [0.25, 0.3) is 0 Å². The van der Waals surface area contributed by atoms with E-state index >= 15 is 0 Å². The quantitative estimate of drug-likeness (QED) is 0.334. The molecule has 0 aliphatic rings. The smallest absolute Gasteiger partial charge is 0.245 e. The Balaban J connectivity index is 5.21. The molecule has 0 bridgehead atoms. The molecule has 0 rings (SSSR count). The van der Waals surface area contributed by atoms with Gasteiger partial charge in [-0.3, -0.25) is 19.2 Å². The second-order valence-electron chi connectivity index (χ2n) is 7.24. The Hall–Kier alpha value is -2.16. The lowest BCUT2D eigenvalue weighted by molar-refractivity contribution is -0.135. The number of aliphatic hydroxyl groups is 1. The summed E-state index contributed by atoms with van der Waals surface area (Å²) in [7, 11) is 0. The van der Waals surface area contributed by atoms with Crippen LogP contribution in [0.3, 0.4) is 0 Å². The zero-order valence-corrected chi connectivity index (χ0v) is 16.3. The fourth-order valence-corrected chi connectivity index (χ4v) is 2.38. The van der Waals surface area contributed by atoms with Crippen LogP contribution < -0.4 is 21.7 Å². The van der Waals surface area contributed by atoms with E-state index in [0.29, 0.717) is 6.42 Å². The molecule has 0 heterocycles. The summed E-state index contributed by atoms with van der Waals surface area (Å²) in [6.45, 7) is 9.81. The number of hydrogen-bond acceptors (Lipinski definition) is 5. The molecule has 0 fully saturated rings. The number of amides is 4. The highest BCUT2D eigenvalue weighted by Crippen LogP contribution is 2.08. The molecule has 9 heteroatoms. The van der Waals surface area contributed by atoms with Crippen LogP contribution in [0.15, 0.2) is 0 Å². The highest BCUT2D eigenvalue weighted by Gasteiger charge is 2.32. The monoisotopic (exact) mass is 372 g/mol. The van der Waals surface area contributed by atoms with Crippen molar-refractivity contribution in [1.82, 2.24) is 16.0 Å². The van der Waals surface area contributed by atoms with E-state index in [9.17, 15) is 24.3 Å². The van der Waals surface area contributed by atoms with Gasteiger partial charge in [0.15, 0.2) is 0 Å². The number of aliphatic hydroxyl groups excluding tert-OH is 1. The zero-order valence-electron chi connectivity index (χ0n) is 16.3. The van der Waals surface area contributed by atoms with E-state index in [-0.39, 0.29) is 11.8 Å². The van der Waals surface area contributed by atoms with Crippen LogP contribution in [0.4, 0.5) is 0 Å². The largest absolute Gasteiger partial charge is 0.391 e. The first-order valence-corrected chi connectivity index (χ1v) is 8.72. The van der Waals surface area contributed by atoms with Crippen LogP contribution in [-0.4, -0.2) is 53.0 Å². The lowest BCUT2D eigenvalue weighted by Crippen LogP contribution is -2.59. The van der Waals surface area contributed by atoms with Crippen molar-refractivity contribution in [1.29, 1.82) is 0 Å². The Kier molecular flexibility index (Phi) is 9.85. The molecule has 150 valence electrons. The number of primary amides is 1. The predicted molar refractivity (Wildman–Crippen MR) is 96.6 cm³/mol. The second-order valence-corrected chi connectivity index (χ2v) is 7.24. The molecule has 0 aromatic rings. The molecular formula is C17H32N4O5. The maximum Gasteiger partial charge on any atom is 0.245 e. The third kappa shape index (κ3) is 8.28. The van der Waals surface area contributed by atoms with Gasteiger partial charge in [0.2, 0.25) is 23.6 Å². The number of rotatable bonds is 10. The van der Waals surface area contributed by atoms with Gasteiger partial charge in [-0.05, 0) is 25.2 Å². The second kappa shape index (κ2) is 10.7. The van der Waals surface area contributed by atoms with E-state index in [1.54, 1.807) is 13.8 Å². The van der Waals surface area contributed by atoms with Crippen molar-refractivity contribution in [2.24, 2.45) is 17.6 Å². The molecular weight excluding hydrogens is 340 g/mol. The third-order valence-electron chi connectivity index (χ3n) is 3.74. The summed E-state index contributed by atoms with van der Waals surface area (Å²) in [5.74, 6) is -2.53. The molecule has 0 aromatic carbocycles. The maximum atomic E-state index is 12.5. The van der Waals surface area contributed by atoms with Gasteiger partial charge in [0.05, 0.1) is 6.10 Å². The van der Waals surface area contributed by atoms with Crippen LogP contribution in [0, 0.1) is 11.8 Å². The molecule has 0 unspecified atom stereocenters. The average Bonchev–Trinajstić information content (AvgIpc) is 2.47. The van der Waals surface area contributed by atoms with E-state index in [4.69, 9.17) is 5.73 Å². The van der Waals surface area contributed by atoms with Gasteiger partial charge >= 0.3 is 0 Å². The summed E-state index contributed by atoms with van der Waals surface area (Å²) in [5, 5.41) is 17.1. The minimum atomic E-state index is -1.19. The van der Waals surface area contributed by atoms with Gasteiger partial charge in [-0.15, -0.1) is 0 Å². The molecule has 0 aliphatic carbocycles. The number of carbonyl (C=O) groups excluding carboxylic acids is 4. The van der Waals surface area contributed by atoms with Crippen molar-refractivity contribution >= 4 is 23.6 Å². The molecule has 6 N–H and O–H groups in total. The Morgan fingerprint density at radius 3 is 1.73 bits per heavy atom. The number of hydrogen-bond donors (Lipinski definition) is 5. The SMILES string of the molecule is CC(=O)N[C@H](C(=O)N[C@H](C(=O)N[C@@H](CC(C)C)C(N)=O)C(C)C)[C@@H](C)O. The fraction of sp³-hybridized carbons (Fsp3) is 0.765. The van der Waals surface area contributed by atoms with Crippen molar-refractivity contribution in [2.75, 3.05) is 0 Å². The number of carbonyl (C=O) groups is 4. The Morgan fingerprint density at radius 1 is 0.885 bits per heavy atom. The van der Waals surface area contributed by atoms with Crippen molar-refractivity contribution in [3.63, 3.8) is 0 Å². The molecule has 0 spiro atoms. The van der Waals surface area contributed by atoms with Crippen molar-refractivity contribution < 1.29 is 24.3 Å². The standard InChI is InChI=1S/C17H32N4O5/c1-8(2)7-12(15(18)24)20-16(25)13(9(3)4)21-17(26)14(10(5)22)19-11(6)23/h8-10,12-14,22H,7H2,1-6H3,(H2,18,24)(H,19,23)(H,20,25)(H,21,26)/t10-,12+,13+,14+/m1/s1. The van der Waals surface area contributed by atoms with E-state index < -0.39 is 47.9 Å². The third-order valence-corrected chi connectivity index (χ3v) is 3.74. The van der Waals surface area contributed by atoms with Gasteiger partial charge < -0.3 is 26.8 Å². The summed E-state index contributed by atoms with van der Waals surface area (Å²) < 4.78 is 0. The molecule has 4 amide bonds. The first kappa shape index (κ1) is 23.8. The van der Waals surface area contributed by atoms with Crippen LogP contribution in [0.1, 0.15) is 48.0 Å². The molecule has 4 atom stereocenters. The minimum Gasteiger partial charge on any atom is -0.391 e. The molecule has 0 saturated carbocycles. The lowest BCUT2D eigenvalue weighted by atomic mass is 9.99. The molecule has 9 nitrogen and oxygen atoms in total. The van der Waals surface area contributed by atoms with Crippen molar-refractivity contribution in [2.45, 2.75) is 72.2 Å². The first-order valence-electron chi connectivity index (χ1n) is 8.72. The molecule has 0 aromatic heterocycles. The summed E-state index contributed by atoms with van der Waals surface area (Å²) >= 11 is 0. The van der Waals surface area contributed by atoms with Gasteiger partial charge in [0.1, 0.15) is 18.1 Å². The molecule has 0 aliphatic heterocycles. The highest BCUT2D eigenvalue weighted by molar-refractivity contribution is 5.94. The Bertz CT molecular complexity index is 519. The van der Waals surface area contributed by atoms with Gasteiger partial charge in [0.25, 0.3) is 0 Å². The van der Waals surface area contributed by atoms with Crippen LogP contribution in [0.5, 0.6) is 0 Å². The summed E-state index contributed by atoms with van der Waals surface area (Å²) in [6, 6.07) is -2.99. The highest BCUT2D eigenvalue weighted by atomic mass is 16.3. The molecule has 26 heavy (non-hydrogen) atoms. The van der Waals surface area contributed by atoms with Crippen LogP contribution in [-0.2, 0) is 19.2 Å². The minimum absolute atomic E-state index is 0.138. The van der Waals surface area contributed by atoms with Gasteiger partial charge in [-0.25, -0.2) is 0 Å². The topological polar surface area (TPSA) is 151 Å². The maximum absolute atomic E-state index is 12.5. The summed E-state index contributed by atoms with van der Waals surface area (Å²) in [4.78, 5) is 47.7. The number of nitrogens with one attached hydrogen (secondary N) is 3. The van der Waals surface area contributed by atoms with Crippen LogP contribution >= 0.6 is 0 Å². The van der Waals surface area contributed by atoms with Gasteiger partial charge in [0, 0.05) is 6.92 Å². The van der Waals surface area contributed by atoms with Crippen molar-refractivity contribution in [3.8, 4) is 0 Å². The van der Waals surface area contributed by atoms with E-state index in [0.717, 1.165) is 0 Å². The van der Waals surface area contributed by atoms with Gasteiger partial charge in [-0.2, -0.15) is 0 Å². The van der Waals surface area contributed by atoms with E-state index in [1.165, 1.54) is 13.8 Å². The first-order chi connectivity index (χ1) is 11.9. The molecule has 0 saturated heterocycles. The molecule has 0 radical (unpaired) electrons. The fourth-order valence-electron chi connectivity index (χ4n) is 2.38. The van der Waals surface area contributed by atoms with E-state index in [2.05, 4.69) is 16.0 Å². The Labute approximate surface area is 154 Å². The number of nitrogens with two attached hydrogens (primary N) is 1. The van der Waals surface area contributed by atoms with E-state index in [1.807, 2.05) is 13.8 Å². The normalized spacial score (nSPS) is 15.7. The van der Waals surface area contributed by atoms with Crippen molar-refractivity contribution in [3.05, 3.63) is 0 Å². The van der Waals surface area contributed by atoms with Crippen LogP contribution in [0.2, 0.25) is 0 Å². The zero-order chi connectivity index (χ0) is 20.6. The van der Waals surface area contributed by atoms with Gasteiger partial charge in [-0.1, -0.05) is 27.7 Å². The average molecular weight is 372 g/mol. The summed E-state index contributed by atoms with van der Waals surface area (Å²) in [5.41, 5.74) is 5.33.